The number of hydrogen-bond acceptors (Lipinski definition) is 2. The van der Waals surface area contributed by atoms with E-state index < -0.39 is 6.04 Å². The number of aliphatic hydroxyl groups excluding tert-OH is 1. The van der Waals surface area contributed by atoms with Crippen molar-refractivity contribution >= 4 is 11.6 Å². The second-order valence-corrected chi connectivity index (χ2v) is 2.83. The number of benzene rings is 1. The summed E-state index contributed by atoms with van der Waals surface area (Å²) in [6.07, 6.45) is 0. The summed E-state index contributed by atoms with van der Waals surface area (Å²) in [5.74, 6) is 0. The van der Waals surface area contributed by atoms with Gasteiger partial charge in [-0.1, -0.05) is 34.9 Å². The Morgan fingerprint density at radius 2 is 2.23 bits per heavy atom. The van der Waals surface area contributed by atoms with Gasteiger partial charge in [0.1, 0.15) is 0 Å². The van der Waals surface area contributed by atoms with E-state index in [0.717, 1.165) is 0 Å². The van der Waals surface area contributed by atoms with Gasteiger partial charge in [-0.25, -0.2) is 0 Å². The second kappa shape index (κ2) is 4.72. The molecule has 0 amide bonds. The first-order chi connectivity index (χ1) is 6.29. The Hall–Kier alpha value is -1.22. The van der Waals surface area contributed by atoms with Crippen LogP contribution in [0.3, 0.4) is 0 Å². The predicted octanol–water partition coefficient (Wildman–Crippen LogP) is 2.68. The van der Waals surface area contributed by atoms with Gasteiger partial charge in [-0.3, -0.25) is 0 Å². The molecular weight excluding hydrogens is 190 g/mol. The van der Waals surface area contributed by atoms with Crippen molar-refractivity contribution in [2.45, 2.75) is 6.04 Å². The minimum atomic E-state index is -0.598. The van der Waals surface area contributed by atoms with Crippen LogP contribution in [-0.4, -0.2) is 11.7 Å². The van der Waals surface area contributed by atoms with E-state index in [1.807, 2.05) is 0 Å². The lowest BCUT2D eigenvalue weighted by atomic mass is 10.1. The molecule has 68 valence electrons. The molecule has 0 fully saturated rings. The number of rotatable bonds is 3. The zero-order valence-electron chi connectivity index (χ0n) is 6.76. The summed E-state index contributed by atoms with van der Waals surface area (Å²) < 4.78 is 0. The molecule has 1 rings (SSSR count). The fourth-order valence-corrected chi connectivity index (χ4v) is 1.27. The standard InChI is InChI=1S/C8H8ClN3O/c9-7-4-2-1-3-6(7)8(5-13)11-12-10/h1-4,8,13H,5H2/t8-/m0/s1. The number of aliphatic hydroxyl groups is 1. The zero-order valence-corrected chi connectivity index (χ0v) is 7.52. The first-order valence-corrected chi connectivity index (χ1v) is 4.07. The highest BCUT2D eigenvalue weighted by Gasteiger charge is 2.10. The SMILES string of the molecule is [N-]=[N+]=N[C@@H](CO)c1ccccc1Cl. The molecule has 0 bridgehead atoms. The van der Waals surface area contributed by atoms with Crippen molar-refractivity contribution < 1.29 is 5.11 Å². The Balaban J connectivity index is 3.04. The molecule has 0 aliphatic rings. The largest absolute Gasteiger partial charge is 0.396 e. The van der Waals surface area contributed by atoms with E-state index in [2.05, 4.69) is 10.0 Å². The maximum atomic E-state index is 8.91. The maximum Gasteiger partial charge on any atom is 0.0870 e. The van der Waals surface area contributed by atoms with E-state index in [9.17, 15) is 0 Å². The summed E-state index contributed by atoms with van der Waals surface area (Å²) in [6, 6.07) is 6.36. The van der Waals surface area contributed by atoms with Crippen molar-refractivity contribution in [2.75, 3.05) is 6.61 Å². The molecule has 0 saturated carbocycles. The van der Waals surface area contributed by atoms with Crippen molar-refractivity contribution in [1.82, 2.24) is 0 Å². The van der Waals surface area contributed by atoms with Crippen LogP contribution in [0.4, 0.5) is 0 Å². The van der Waals surface area contributed by atoms with Crippen LogP contribution in [0.5, 0.6) is 0 Å². The van der Waals surface area contributed by atoms with Gasteiger partial charge in [-0.15, -0.1) is 0 Å². The van der Waals surface area contributed by atoms with E-state index >= 15 is 0 Å². The molecule has 1 N–H and O–H groups in total. The van der Waals surface area contributed by atoms with Gasteiger partial charge in [0.2, 0.25) is 0 Å². The van der Waals surface area contributed by atoms with E-state index in [-0.39, 0.29) is 6.61 Å². The molecular formula is C8H8ClN3O. The molecule has 0 aliphatic carbocycles. The van der Waals surface area contributed by atoms with Gasteiger partial charge in [-0.05, 0) is 17.2 Å². The normalized spacial score (nSPS) is 11.8. The van der Waals surface area contributed by atoms with Crippen molar-refractivity contribution in [3.8, 4) is 0 Å². The Bertz CT molecular complexity index is 336. The first kappa shape index (κ1) is 9.86. The van der Waals surface area contributed by atoms with Crippen molar-refractivity contribution in [1.29, 1.82) is 0 Å². The molecule has 0 radical (unpaired) electrons. The average molecular weight is 198 g/mol. The highest BCUT2D eigenvalue weighted by Crippen LogP contribution is 2.24. The first-order valence-electron chi connectivity index (χ1n) is 3.69. The summed E-state index contributed by atoms with van der Waals surface area (Å²) in [6.45, 7) is -0.242. The number of halogens is 1. The molecule has 1 aromatic carbocycles. The van der Waals surface area contributed by atoms with Crippen LogP contribution in [0.1, 0.15) is 11.6 Å². The lowest BCUT2D eigenvalue weighted by Crippen LogP contribution is -2.00. The third-order valence-electron chi connectivity index (χ3n) is 1.63. The Kier molecular flexibility index (Phi) is 3.58. The minimum Gasteiger partial charge on any atom is -0.396 e. The van der Waals surface area contributed by atoms with Gasteiger partial charge in [0.15, 0.2) is 0 Å². The monoisotopic (exact) mass is 197 g/mol. The molecule has 1 aromatic rings. The van der Waals surface area contributed by atoms with Crippen LogP contribution in [-0.2, 0) is 0 Å². The molecule has 1 atom stereocenters. The predicted molar refractivity (Wildman–Crippen MR) is 50.4 cm³/mol. The molecule has 4 nitrogen and oxygen atoms in total. The molecule has 5 heteroatoms. The maximum absolute atomic E-state index is 8.91. The molecule has 0 saturated heterocycles. The number of hydrogen-bond donors (Lipinski definition) is 1. The van der Waals surface area contributed by atoms with Gasteiger partial charge in [0.25, 0.3) is 0 Å². The smallest absolute Gasteiger partial charge is 0.0870 e. The highest BCUT2D eigenvalue weighted by atomic mass is 35.5. The lowest BCUT2D eigenvalue weighted by Gasteiger charge is -2.08. The van der Waals surface area contributed by atoms with E-state index in [0.29, 0.717) is 10.6 Å². The van der Waals surface area contributed by atoms with Crippen LogP contribution < -0.4 is 0 Å². The summed E-state index contributed by atoms with van der Waals surface area (Å²) >= 11 is 5.84. The molecule has 0 heterocycles. The van der Waals surface area contributed by atoms with Crippen molar-refractivity contribution in [3.05, 3.63) is 45.3 Å². The Morgan fingerprint density at radius 1 is 1.54 bits per heavy atom. The Morgan fingerprint density at radius 3 is 2.77 bits per heavy atom. The highest BCUT2D eigenvalue weighted by molar-refractivity contribution is 6.31. The average Bonchev–Trinajstić information content (AvgIpc) is 2.16. The van der Waals surface area contributed by atoms with Gasteiger partial charge in [-0.2, -0.15) is 0 Å². The van der Waals surface area contributed by atoms with E-state index in [4.69, 9.17) is 22.2 Å². The van der Waals surface area contributed by atoms with E-state index in [1.54, 1.807) is 24.3 Å². The molecule has 0 aromatic heterocycles. The quantitative estimate of drug-likeness (QED) is 0.452. The molecule has 13 heavy (non-hydrogen) atoms. The van der Waals surface area contributed by atoms with E-state index in [1.165, 1.54) is 0 Å². The van der Waals surface area contributed by atoms with Crippen LogP contribution in [0, 0.1) is 0 Å². The van der Waals surface area contributed by atoms with Crippen LogP contribution in [0.2, 0.25) is 5.02 Å². The summed E-state index contributed by atoms with van der Waals surface area (Å²) in [5, 5.41) is 12.8. The zero-order chi connectivity index (χ0) is 9.68. The summed E-state index contributed by atoms with van der Waals surface area (Å²) in [5.41, 5.74) is 8.87. The van der Waals surface area contributed by atoms with Crippen LogP contribution >= 0.6 is 11.6 Å². The third kappa shape index (κ3) is 2.36. The lowest BCUT2D eigenvalue weighted by molar-refractivity contribution is 0.268. The fourth-order valence-electron chi connectivity index (χ4n) is 1.00. The van der Waals surface area contributed by atoms with Crippen molar-refractivity contribution in [3.63, 3.8) is 0 Å². The van der Waals surface area contributed by atoms with Gasteiger partial charge < -0.3 is 5.11 Å². The Labute approximate surface area is 80.4 Å². The fraction of sp³-hybridized carbons (Fsp3) is 0.250. The van der Waals surface area contributed by atoms with Crippen molar-refractivity contribution in [2.24, 2.45) is 5.11 Å². The summed E-state index contributed by atoms with van der Waals surface area (Å²) in [7, 11) is 0. The van der Waals surface area contributed by atoms with Gasteiger partial charge >= 0.3 is 0 Å². The van der Waals surface area contributed by atoms with Gasteiger partial charge in [0.05, 0.1) is 12.6 Å². The number of azide groups is 1. The molecule has 0 spiro atoms. The third-order valence-corrected chi connectivity index (χ3v) is 1.97. The van der Waals surface area contributed by atoms with Crippen LogP contribution in [0.25, 0.3) is 10.4 Å². The van der Waals surface area contributed by atoms with Gasteiger partial charge in [0, 0.05) is 9.93 Å². The summed E-state index contributed by atoms with van der Waals surface area (Å²) in [4.78, 5) is 2.63. The number of nitrogens with zero attached hydrogens (tertiary/aromatic N) is 3. The molecule has 0 unspecified atom stereocenters. The minimum absolute atomic E-state index is 0.242. The topological polar surface area (TPSA) is 69.0 Å². The molecule has 0 aliphatic heterocycles. The van der Waals surface area contributed by atoms with Crippen LogP contribution in [0.15, 0.2) is 29.4 Å². The second-order valence-electron chi connectivity index (χ2n) is 2.42.